The Bertz CT molecular complexity index is 2470. The fraction of sp³-hybridized carbons (Fsp3) is 0.231. The molecule has 0 aliphatic carbocycles. The van der Waals surface area contributed by atoms with Crippen molar-refractivity contribution in [1.82, 2.24) is 0 Å². The van der Waals surface area contributed by atoms with Crippen molar-refractivity contribution in [1.29, 1.82) is 5.26 Å². The molecule has 0 aliphatic rings. The maximum atomic E-state index is 13.1. The van der Waals surface area contributed by atoms with Crippen LogP contribution in [0.2, 0.25) is 0 Å². The SMILES string of the molecule is [C-]#[N+]/C(=C\c1ccc(OCCCCOC(=O)C=C)cc1)C(=O)Oc1ccc(/C(C)=N\N=C(\C)c2ccc(OC(=O)/C(C#N)=C/c3ccc(OCCCCOC(=O)C=C)cc3)c(OC)c2)cc1OC. The van der Waals surface area contributed by atoms with E-state index >= 15 is 0 Å². The molecule has 16 nitrogen and oxygen atoms in total. The molecule has 350 valence electrons. The van der Waals surface area contributed by atoms with Crippen LogP contribution < -0.4 is 28.4 Å². The van der Waals surface area contributed by atoms with Crippen LogP contribution in [0.1, 0.15) is 61.8 Å². The van der Waals surface area contributed by atoms with Gasteiger partial charge in [0.25, 0.3) is 5.70 Å². The number of hydrogen-bond acceptors (Lipinski definition) is 15. The van der Waals surface area contributed by atoms with Gasteiger partial charge in [-0.3, -0.25) is 4.79 Å². The highest BCUT2D eigenvalue weighted by Gasteiger charge is 2.18. The predicted molar refractivity (Wildman–Crippen MR) is 255 cm³/mol. The van der Waals surface area contributed by atoms with Gasteiger partial charge in [0.2, 0.25) is 0 Å². The summed E-state index contributed by atoms with van der Waals surface area (Å²) >= 11 is 0. The van der Waals surface area contributed by atoms with Gasteiger partial charge >= 0.3 is 23.9 Å². The smallest absolute Gasteiger partial charge is 0.354 e. The number of nitriles is 1. The second-order valence-corrected chi connectivity index (χ2v) is 14.2. The van der Waals surface area contributed by atoms with E-state index in [0.29, 0.717) is 84.1 Å². The molecule has 4 aromatic carbocycles. The van der Waals surface area contributed by atoms with Gasteiger partial charge in [0, 0.05) is 23.3 Å². The van der Waals surface area contributed by atoms with Crippen LogP contribution in [0.5, 0.6) is 34.5 Å². The lowest BCUT2D eigenvalue weighted by Crippen LogP contribution is -2.11. The number of esters is 4. The summed E-state index contributed by atoms with van der Waals surface area (Å²) in [6.45, 7) is 19.2. The number of rotatable bonds is 25. The molecule has 0 heterocycles. The summed E-state index contributed by atoms with van der Waals surface area (Å²) in [5.41, 5.74) is 2.88. The van der Waals surface area contributed by atoms with Crippen LogP contribution in [0, 0.1) is 17.9 Å². The number of hydrogen-bond donors (Lipinski definition) is 0. The number of unbranched alkanes of at least 4 members (excludes halogenated alkanes) is 2. The van der Waals surface area contributed by atoms with E-state index in [1.54, 1.807) is 86.6 Å². The number of carbonyl (C=O) groups is 4. The molecule has 4 rings (SSSR count). The molecule has 0 unspecified atom stereocenters. The minimum atomic E-state index is -0.884. The largest absolute Gasteiger partial charge is 0.494 e. The average molecular weight is 923 g/mol. The third-order valence-corrected chi connectivity index (χ3v) is 9.40. The summed E-state index contributed by atoms with van der Waals surface area (Å²) in [6.07, 6.45) is 7.64. The van der Waals surface area contributed by atoms with Crippen LogP contribution in [-0.4, -0.2) is 75.9 Å². The zero-order valence-electron chi connectivity index (χ0n) is 38.2. The van der Waals surface area contributed by atoms with E-state index in [4.69, 9.17) is 44.5 Å². The van der Waals surface area contributed by atoms with Gasteiger partial charge in [0.1, 0.15) is 23.1 Å². The third-order valence-electron chi connectivity index (χ3n) is 9.40. The second-order valence-electron chi connectivity index (χ2n) is 14.2. The first kappa shape index (κ1) is 51.9. The van der Waals surface area contributed by atoms with Crippen molar-refractivity contribution in [3.8, 4) is 40.6 Å². The first-order chi connectivity index (χ1) is 32.9. The topological polar surface area (TPSA) is 195 Å². The molecule has 0 amide bonds. The number of methoxy groups -OCH3 is 2. The van der Waals surface area contributed by atoms with Gasteiger partial charge in [-0.15, -0.1) is 0 Å². The fourth-order valence-electron chi connectivity index (χ4n) is 5.70. The predicted octanol–water partition coefficient (Wildman–Crippen LogP) is 9.09. The summed E-state index contributed by atoms with van der Waals surface area (Å²) in [5, 5.41) is 18.5. The Labute approximate surface area is 394 Å². The van der Waals surface area contributed by atoms with E-state index in [2.05, 4.69) is 28.2 Å². The van der Waals surface area contributed by atoms with Crippen LogP contribution in [-0.2, 0) is 28.7 Å². The van der Waals surface area contributed by atoms with Crippen LogP contribution in [0.4, 0.5) is 0 Å². The van der Waals surface area contributed by atoms with Crippen molar-refractivity contribution in [3.63, 3.8) is 0 Å². The van der Waals surface area contributed by atoms with Crippen molar-refractivity contribution in [3.05, 3.63) is 155 Å². The van der Waals surface area contributed by atoms with Gasteiger partial charge in [-0.2, -0.15) is 15.5 Å². The molecular formula is C52H50N4O12. The quantitative estimate of drug-likeness (QED) is 0.00893. The number of carbonyl (C=O) groups excluding carboxylic acids is 4. The second kappa shape index (κ2) is 27.5. The molecule has 0 radical (unpaired) electrons. The highest BCUT2D eigenvalue weighted by Crippen LogP contribution is 2.31. The van der Waals surface area contributed by atoms with Gasteiger partial charge in [-0.05, 0) is 123 Å². The number of nitrogens with zero attached hydrogens (tertiary/aromatic N) is 4. The lowest BCUT2D eigenvalue weighted by atomic mass is 10.1. The molecule has 0 spiro atoms. The van der Waals surface area contributed by atoms with E-state index in [1.165, 1.54) is 38.5 Å². The van der Waals surface area contributed by atoms with Crippen LogP contribution in [0.25, 0.3) is 17.0 Å². The van der Waals surface area contributed by atoms with Crippen molar-refractivity contribution in [2.75, 3.05) is 40.6 Å². The Hall–Kier alpha value is -8.76. The van der Waals surface area contributed by atoms with Gasteiger partial charge in [0.05, 0.1) is 58.6 Å². The van der Waals surface area contributed by atoms with Gasteiger partial charge in [-0.1, -0.05) is 37.4 Å². The minimum absolute atomic E-state index is 0.0834. The Morgan fingerprint density at radius 3 is 1.46 bits per heavy atom. The molecule has 0 N–H and O–H groups in total. The van der Waals surface area contributed by atoms with Crippen molar-refractivity contribution < 1.29 is 57.1 Å². The normalized spacial score (nSPS) is 11.5. The van der Waals surface area contributed by atoms with Crippen LogP contribution >= 0.6 is 0 Å². The van der Waals surface area contributed by atoms with E-state index in [0.717, 1.165) is 12.2 Å². The maximum absolute atomic E-state index is 13.1. The van der Waals surface area contributed by atoms with E-state index in [1.807, 2.05) is 6.07 Å². The summed E-state index contributed by atoms with van der Waals surface area (Å²) in [7, 11) is 2.83. The van der Waals surface area contributed by atoms with Crippen molar-refractivity contribution >= 4 is 47.5 Å². The molecule has 0 bridgehead atoms. The van der Waals surface area contributed by atoms with Crippen molar-refractivity contribution in [2.24, 2.45) is 10.2 Å². The summed E-state index contributed by atoms with van der Waals surface area (Å²) in [4.78, 5) is 51.8. The monoisotopic (exact) mass is 922 g/mol. The number of benzene rings is 4. The van der Waals surface area contributed by atoms with Crippen LogP contribution in [0.3, 0.4) is 0 Å². The molecule has 0 saturated heterocycles. The Morgan fingerprint density at radius 2 is 1.04 bits per heavy atom. The molecular weight excluding hydrogens is 873 g/mol. The third kappa shape index (κ3) is 16.7. The first-order valence-corrected chi connectivity index (χ1v) is 21.1. The fourth-order valence-corrected chi connectivity index (χ4v) is 5.70. The molecule has 4 aromatic rings. The lowest BCUT2D eigenvalue weighted by Gasteiger charge is -2.11. The Balaban J connectivity index is 1.34. The van der Waals surface area contributed by atoms with Crippen LogP contribution in [0.15, 0.2) is 132 Å². The summed E-state index contributed by atoms with van der Waals surface area (Å²) in [6, 6.07) is 25.2. The Morgan fingerprint density at radius 1 is 0.618 bits per heavy atom. The first-order valence-electron chi connectivity index (χ1n) is 21.1. The van der Waals surface area contributed by atoms with Crippen molar-refractivity contribution in [2.45, 2.75) is 39.5 Å². The molecule has 0 saturated carbocycles. The van der Waals surface area contributed by atoms with Gasteiger partial charge < -0.3 is 37.9 Å². The Kier molecular flexibility index (Phi) is 21.0. The highest BCUT2D eigenvalue weighted by atomic mass is 16.6. The zero-order valence-corrected chi connectivity index (χ0v) is 38.2. The van der Waals surface area contributed by atoms with E-state index in [-0.39, 0.29) is 47.5 Å². The summed E-state index contributed by atoms with van der Waals surface area (Å²) in [5.74, 6) is -0.894. The zero-order chi connectivity index (χ0) is 49.3. The molecule has 16 heteroatoms. The lowest BCUT2D eigenvalue weighted by molar-refractivity contribution is -0.138. The molecule has 68 heavy (non-hydrogen) atoms. The summed E-state index contributed by atoms with van der Waals surface area (Å²) < 4.78 is 43.4. The maximum Gasteiger partial charge on any atom is 0.354 e. The van der Waals surface area contributed by atoms with Gasteiger partial charge in [0.15, 0.2) is 23.0 Å². The average Bonchev–Trinajstić information content (AvgIpc) is 3.36. The molecule has 0 atom stereocenters. The molecule has 0 aliphatic heterocycles. The molecule has 0 aromatic heterocycles. The number of ether oxygens (including phenoxy) is 8. The minimum Gasteiger partial charge on any atom is -0.494 e. The highest BCUT2D eigenvalue weighted by molar-refractivity contribution is 6.03. The standard InChI is InChI=1S/C52H50N4O12/c1-8-49(57)65-28-12-10-26-63-42-20-14-37(15-21-42)30-41(34-53)51(59)67-45-24-18-39(32-47(45)61-6)35(3)55-56-36(4)40-19-25-46(48(33-40)62-7)68-52(60)44(54-5)31-38-16-22-43(23-17-38)64-27-11-13-29-66-50(58)9-2/h8-9,14-25,30-33H,1-2,10-13,26-29H2,3-4,6-7H3/b41-30+,44-31-,55-35-,56-36-. The van der Waals surface area contributed by atoms with E-state index in [9.17, 15) is 24.4 Å². The van der Waals surface area contributed by atoms with E-state index < -0.39 is 23.9 Å². The molecule has 0 fully saturated rings. The van der Waals surface area contributed by atoms with Gasteiger partial charge in [-0.25, -0.2) is 19.2 Å².